The zero-order valence-corrected chi connectivity index (χ0v) is 16.1. The van der Waals surface area contributed by atoms with Crippen molar-refractivity contribution >= 4 is 11.9 Å². The summed E-state index contributed by atoms with van der Waals surface area (Å²) in [5, 5.41) is 7.51. The number of anilines is 1. The van der Waals surface area contributed by atoms with E-state index in [9.17, 15) is 9.18 Å². The van der Waals surface area contributed by atoms with Gasteiger partial charge in [0.15, 0.2) is 5.82 Å². The lowest BCUT2D eigenvalue weighted by Gasteiger charge is -2.10. The van der Waals surface area contributed by atoms with Crippen molar-refractivity contribution < 1.29 is 13.9 Å². The van der Waals surface area contributed by atoms with E-state index in [1.165, 1.54) is 28.9 Å². The Kier molecular flexibility index (Phi) is 5.47. The van der Waals surface area contributed by atoms with Crippen molar-refractivity contribution in [3.8, 4) is 17.1 Å². The van der Waals surface area contributed by atoms with Gasteiger partial charge < -0.3 is 10.1 Å². The minimum atomic E-state index is -0.430. The number of rotatable bonds is 6. The van der Waals surface area contributed by atoms with E-state index in [1.807, 2.05) is 24.3 Å². The van der Waals surface area contributed by atoms with Crippen molar-refractivity contribution in [3.05, 3.63) is 90.0 Å². The van der Waals surface area contributed by atoms with Crippen LogP contribution in [0.5, 0.6) is 5.75 Å². The van der Waals surface area contributed by atoms with Gasteiger partial charge in [0.25, 0.3) is 5.91 Å². The van der Waals surface area contributed by atoms with E-state index in [1.54, 1.807) is 31.6 Å². The molecule has 0 fully saturated rings. The number of aromatic nitrogens is 4. The molecule has 2 aromatic carbocycles. The number of ether oxygens (including phenoxy) is 1. The average molecular weight is 403 g/mol. The molecule has 0 spiro atoms. The molecule has 0 unspecified atom stereocenters. The highest BCUT2D eigenvalue weighted by molar-refractivity contribution is 5.97. The number of nitrogens with zero attached hydrogens (tertiary/aromatic N) is 4. The summed E-state index contributed by atoms with van der Waals surface area (Å²) < 4.78 is 19.8. The standard InChI is InChI=1S/C22H18FN5O2/c1-30-19-7-3-2-5-16(19)14-25-22-26-20(17-6-4-12-24-13-17)27-28(22)21(29)15-8-10-18(23)11-9-15/h2-13H,14H2,1H3,(H,25,26,27). The van der Waals surface area contributed by atoms with E-state index in [4.69, 9.17) is 4.74 Å². The first kappa shape index (κ1) is 19.3. The smallest absolute Gasteiger partial charge is 0.281 e. The molecule has 0 radical (unpaired) electrons. The number of methoxy groups -OCH3 is 1. The van der Waals surface area contributed by atoms with E-state index >= 15 is 0 Å². The molecule has 0 aliphatic carbocycles. The summed E-state index contributed by atoms with van der Waals surface area (Å²) in [6, 6.07) is 16.4. The summed E-state index contributed by atoms with van der Waals surface area (Å²) in [5.74, 6) is 0.472. The van der Waals surface area contributed by atoms with Gasteiger partial charge in [-0.15, -0.1) is 5.10 Å². The Morgan fingerprint density at radius 3 is 2.63 bits per heavy atom. The second-order valence-electron chi connectivity index (χ2n) is 6.39. The topological polar surface area (TPSA) is 81.9 Å². The van der Waals surface area contributed by atoms with Crippen molar-refractivity contribution in [3.63, 3.8) is 0 Å². The molecule has 2 aromatic heterocycles. The fraction of sp³-hybridized carbons (Fsp3) is 0.0909. The van der Waals surface area contributed by atoms with Gasteiger partial charge in [-0.25, -0.2) is 4.39 Å². The van der Waals surface area contributed by atoms with Gasteiger partial charge in [-0.3, -0.25) is 9.78 Å². The minimum absolute atomic E-state index is 0.258. The maximum atomic E-state index is 13.3. The monoisotopic (exact) mass is 403 g/mol. The molecule has 0 saturated heterocycles. The van der Waals surface area contributed by atoms with Crippen molar-refractivity contribution in [1.29, 1.82) is 0 Å². The molecular weight excluding hydrogens is 385 g/mol. The number of carbonyl (C=O) groups excluding carboxylic acids is 1. The average Bonchev–Trinajstić information content (AvgIpc) is 3.23. The van der Waals surface area contributed by atoms with Crippen LogP contribution in [0.3, 0.4) is 0 Å². The Balaban J connectivity index is 1.69. The van der Waals surface area contributed by atoms with Crippen LogP contribution in [0, 0.1) is 5.82 Å². The molecule has 0 bridgehead atoms. The van der Waals surface area contributed by atoms with Crippen LogP contribution < -0.4 is 10.1 Å². The summed E-state index contributed by atoms with van der Waals surface area (Å²) in [5.41, 5.74) is 1.86. The molecular formula is C22H18FN5O2. The summed E-state index contributed by atoms with van der Waals surface area (Å²) in [7, 11) is 1.60. The Hall–Kier alpha value is -4.07. The molecule has 0 atom stereocenters. The first-order chi connectivity index (χ1) is 14.7. The Morgan fingerprint density at radius 1 is 1.10 bits per heavy atom. The molecule has 30 heavy (non-hydrogen) atoms. The second-order valence-corrected chi connectivity index (χ2v) is 6.39. The van der Waals surface area contributed by atoms with Crippen LogP contribution in [-0.4, -0.2) is 32.8 Å². The van der Waals surface area contributed by atoms with Crippen LogP contribution >= 0.6 is 0 Å². The number of para-hydroxylation sites is 1. The molecule has 0 saturated carbocycles. The quantitative estimate of drug-likeness (QED) is 0.528. The van der Waals surface area contributed by atoms with Gasteiger partial charge >= 0.3 is 0 Å². The van der Waals surface area contributed by atoms with Gasteiger partial charge in [-0.1, -0.05) is 18.2 Å². The minimum Gasteiger partial charge on any atom is -0.496 e. The fourth-order valence-electron chi connectivity index (χ4n) is 2.92. The van der Waals surface area contributed by atoms with E-state index < -0.39 is 11.7 Å². The van der Waals surface area contributed by atoms with Crippen LogP contribution in [0.25, 0.3) is 11.4 Å². The number of benzene rings is 2. The molecule has 4 rings (SSSR count). The predicted octanol–water partition coefficient (Wildman–Crippen LogP) is 3.79. The van der Waals surface area contributed by atoms with Gasteiger partial charge in [0.2, 0.25) is 5.95 Å². The van der Waals surface area contributed by atoms with E-state index in [0.717, 1.165) is 5.56 Å². The van der Waals surface area contributed by atoms with Gasteiger partial charge in [-0.05, 0) is 42.5 Å². The number of halogens is 1. The lowest BCUT2D eigenvalue weighted by Crippen LogP contribution is -2.17. The highest BCUT2D eigenvalue weighted by atomic mass is 19.1. The molecule has 8 heteroatoms. The van der Waals surface area contributed by atoms with Crippen molar-refractivity contribution in [2.75, 3.05) is 12.4 Å². The predicted molar refractivity (Wildman–Crippen MR) is 110 cm³/mol. The molecule has 2 heterocycles. The Morgan fingerprint density at radius 2 is 1.90 bits per heavy atom. The van der Waals surface area contributed by atoms with Gasteiger partial charge in [0, 0.05) is 35.6 Å². The molecule has 0 aliphatic rings. The zero-order valence-electron chi connectivity index (χ0n) is 16.1. The summed E-state index contributed by atoms with van der Waals surface area (Å²) in [6.45, 7) is 0.367. The van der Waals surface area contributed by atoms with Crippen LogP contribution in [0.1, 0.15) is 15.9 Å². The van der Waals surface area contributed by atoms with Crippen molar-refractivity contribution in [1.82, 2.24) is 19.7 Å². The number of hydrogen-bond acceptors (Lipinski definition) is 6. The maximum absolute atomic E-state index is 13.3. The maximum Gasteiger partial charge on any atom is 0.281 e. The van der Waals surface area contributed by atoms with E-state index in [-0.39, 0.29) is 5.95 Å². The van der Waals surface area contributed by atoms with Crippen molar-refractivity contribution in [2.45, 2.75) is 6.54 Å². The SMILES string of the molecule is COc1ccccc1CNc1nc(-c2cccnc2)nn1C(=O)c1ccc(F)cc1. The van der Waals surface area contributed by atoms with Gasteiger partial charge in [0.1, 0.15) is 11.6 Å². The molecule has 4 aromatic rings. The molecule has 1 N–H and O–H groups in total. The third kappa shape index (κ3) is 4.02. The summed E-state index contributed by atoms with van der Waals surface area (Å²) >= 11 is 0. The van der Waals surface area contributed by atoms with Crippen molar-refractivity contribution in [2.24, 2.45) is 0 Å². The molecule has 150 valence electrons. The van der Waals surface area contributed by atoms with Crippen LogP contribution in [0.2, 0.25) is 0 Å². The highest BCUT2D eigenvalue weighted by Gasteiger charge is 2.19. The molecule has 0 amide bonds. The third-order valence-corrected chi connectivity index (χ3v) is 4.44. The first-order valence-corrected chi connectivity index (χ1v) is 9.19. The third-order valence-electron chi connectivity index (χ3n) is 4.44. The largest absolute Gasteiger partial charge is 0.496 e. The number of nitrogens with one attached hydrogen (secondary N) is 1. The van der Waals surface area contributed by atoms with E-state index in [2.05, 4.69) is 20.4 Å². The summed E-state index contributed by atoms with van der Waals surface area (Å²) in [6.07, 6.45) is 3.26. The van der Waals surface area contributed by atoms with Crippen LogP contribution in [0.4, 0.5) is 10.3 Å². The van der Waals surface area contributed by atoms with Crippen LogP contribution in [-0.2, 0) is 6.54 Å². The van der Waals surface area contributed by atoms with Gasteiger partial charge in [0.05, 0.1) is 7.11 Å². The summed E-state index contributed by atoms with van der Waals surface area (Å²) in [4.78, 5) is 21.6. The van der Waals surface area contributed by atoms with Crippen LogP contribution in [0.15, 0.2) is 73.1 Å². The zero-order chi connectivity index (χ0) is 20.9. The van der Waals surface area contributed by atoms with E-state index in [0.29, 0.717) is 29.2 Å². The molecule has 7 nitrogen and oxygen atoms in total. The van der Waals surface area contributed by atoms with Gasteiger partial charge in [-0.2, -0.15) is 9.67 Å². The highest BCUT2D eigenvalue weighted by Crippen LogP contribution is 2.21. The molecule has 0 aliphatic heterocycles. The second kappa shape index (κ2) is 8.52. The number of pyridine rings is 1. The lowest BCUT2D eigenvalue weighted by molar-refractivity contribution is 0.0947. The number of hydrogen-bond donors (Lipinski definition) is 1. The number of carbonyl (C=O) groups is 1. The first-order valence-electron chi connectivity index (χ1n) is 9.19. The fourth-order valence-corrected chi connectivity index (χ4v) is 2.92. The lowest BCUT2D eigenvalue weighted by atomic mass is 10.2. The Labute approximate surface area is 172 Å². The normalized spacial score (nSPS) is 10.6. The Bertz CT molecular complexity index is 1160.